The summed E-state index contributed by atoms with van der Waals surface area (Å²) >= 11 is 0. The van der Waals surface area contributed by atoms with E-state index in [-0.39, 0.29) is 12.4 Å². The van der Waals surface area contributed by atoms with Gasteiger partial charge in [0.05, 0.1) is 0 Å². The normalized spacial score (nSPS) is 16.8. The van der Waals surface area contributed by atoms with Gasteiger partial charge < -0.3 is 27.6 Å². The van der Waals surface area contributed by atoms with E-state index in [1.165, 1.54) is 31.2 Å². The van der Waals surface area contributed by atoms with Gasteiger partial charge in [-0.2, -0.15) is 0 Å². The lowest BCUT2D eigenvalue weighted by molar-refractivity contribution is -0.00000591. The summed E-state index contributed by atoms with van der Waals surface area (Å²) < 4.78 is 5.70. The van der Waals surface area contributed by atoms with Gasteiger partial charge in [-0.05, 0) is 43.9 Å². The van der Waals surface area contributed by atoms with Gasteiger partial charge in [-0.3, -0.25) is 0 Å². The maximum atomic E-state index is 9.94. The van der Waals surface area contributed by atoms with Crippen molar-refractivity contribution in [3.05, 3.63) is 29.3 Å². The first-order valence-electron chi connectivity index (χ1n) is 7.26. The largest absolute Gasteiger partial charge is 1.00 e. The highest BCUT2D eigenvalue weighted by molar-refractivity contribution is 5.35. The van der Waals surface area contributed by atoms with Crippen LogP contribution in [0.5, 0.6) is 5.75 Å². The van der Waals surface area contributed by atoms with E-state index in [4.69, 9.17) is 4.74 Å². The summed E-state index contributed by atoms with van der Waals surface area (Å²) in [6.45, 7) is 5.04. The highest BCUT2D eigenvalue weighted by Gasteiger charge is 2.15. The molecule has 1 aliphatic rings. The van der Waals surface area contributed by atoms with Crippen molar-refractivity contribution in [2.24, 2.45) is 0 Å². The second-order valence-electron chi connectivity index (χ2n) is 5.62. The minimum absolute atomic E-state index is 0. The van der Waals surface area contributed by atoms with Crippen molar-refractivity contribution < 1.29 is 22.3 Å². The van der Waals surface area contributed by atoms with Gasteiger partial charge in [-0.1, -0.05) is 25.0 Å². The molecule has 4 heteroatoms. The van der Waals surface area contributed by atoms with E-state index in [0.717, 1.165) is 11.3 Å². The van der Waals surface area contributed by atoms with Gasteiger partial charge in [-0.15, -0.1) is 0 Å². The van der Waals surface area contributed by atoms with Gasteiger partial charge >= 0.3 is 0 Å². The fourth-order valence-electron chi connectivity index (χ4n) is 2.54. The molecule has 1 fully saturated rings. The molecule has 1 atom stereocenters. The van der Waals surface area contributed by atoms with E-state index in [1.807, 2.05) is 26.0 Å². The molecule has 2 N–H and O–H groups in total. The molecular weight excluding hydrogens is 274 g/mol. The molecular formula is C16H25ClNO2-. The molecule has 1 aromatic rings. The van der Waals surface area contributed by atoms with Crippen molar-refractivity contribution in [3.8, 4) is 5.75 Å². The maximum Gasteiger partial charge on any atom is 0.122 e. The summed E-state index contributed by atoms with van der Waals surface area (Å²) in [5.41, 5.74) is 2.29. The summed E-state index contributed by atoms with van der Waals surface area (Å²) in [4.78, 5) is 0. The van der Waals surface area contributed by atoms with Crippen LogP contribution in [0.25, 0.3) is 0 Å². The van der Waals surface area contributed by atoms with Crippen LogP contribution in [0.3, 0.4) is 0 Å². The van der Waals surface area contributed by atoms with E-state index in [2.05, 4.69) is 11.4 Å². The quantitative estimate of drug-likeness (QED) is 0.750. The molecule has 0 heterocycles. The lowest BCUT2D eigenvalue weighted by Crippen LogP contribution is -3.00. The van der Waals surface area contributed by atoms with E-state index in [1.54, 1.807) is 0 Å². The summed E-state index contributed by atoms with van der Waals surface area (Å²) in [6.07, 6.45) is 4.66. The number of ether oxygens (including phenoxy) is 1. The van der Waals surface area contributed by atoms with Crippen molar-refractivity contribution in [1.82, 2.24) is 5.32 Å². The first-order chi connectivity index (χ1) is 9.15. The topological polar surface area (TPSA) is 41.5 Å². The third-order valence-electron chi connectivity index (χ3n) is 3.77. The zero-order valence-electron chi connectivity index (χ0n) is 12.4. The Morgan fingerprint density at radius 2 is 2.00 bits per heavy atom. The average Bonchev–Trinajstić information content (AvgIpc) is 2.90. The molecule has 0 aliphatic heterocycles. The number of aliphatic hydroxyl groups excluding tert-OH is 1. The Labute approximate surface area is 128 Å². The van der Waals surface area contributed by atoms with Crippen LogP contribution < -0.4 is 22.5 Å². The Bertz CT molecular complexity index is 405. The molecule has 0 bridgehead atoms. The van der Waals surface area contributed by atoms with Gasteiger partial charge in [0.25, 0.3) is 0 Å². The van der Waals surface area contributed by atoms with Crippen molar-refractivity contribution in [1.29, 1.82) is 0 Å². The Kier molecular flexibility index (Phi) is 7.35. The minimum Gasteiger partial charge on any atom is -1.00 e. The van der Waals surface area contributed by atoms with Crippen molar-refractivity contribution in [2.45, 2.75) is 51.7 Å². The van der Waals surface area contributed by atoms with Gasteiger partial charge in [0.1, 0.15) is 18.5 Å². The zero-order valence-corrected chi connectivity index (χ0v) is 13.1. The number of hydrogen-bond acceptors (Lipinski definition) is 3. The van der Waals surface area contributed by atoms with Crippen molar-refractivity contribution in [3.63, 3.8) is 0 Å². The second-order valence-corrected chi connectivity index (χ2v) is 5.62. The van der Waals surface area contributed by atoms with Crippen LogP contribution in [0.4, 0.5) is 0 Å². The monoisotopic (exact) mass is 298 g/mol. The molecule has 0 amide bonds. The molecule has 0 spiro atoms. The lowest BCUT2D eigenvalue weighted by atomic mass is 10.1. The van der Waals surface area contributed by atoms with Crippen LogP contribution in [-0.2, 0) is 0 Å². The van der Waals surface area contributed by atoms with Crippen LogP contribution >= 0.6 is 0 Å². The van der Waals surface area contributed by atoms with Crippen LogP contribution in [-0.4, -0.2) is 30.4 Å². The summed E-state index contributed by atoms with van der Waals surface area (Å²) in [5.74, 6) is 0.875. The lowest BCUT2D eigenvalue weighted by Gasteiger charge is -2.17. The molecule has 0 saturated heterocycles. The highest BCUT2D eigenvalue weighted by atomic mass is 35.5. The number of aliphatic hydroxyl groups is 1. The van der Waals surface area contributed by atoms with Crippen LogP contribution in [0, 0.1) is 13.8 Å². The number of benzene rings is 1. The molecule has 0 radical (unpaired) electrons. The molecule has 114 valence electrons. The van der Waals surface area contributed by atoms with Crippen LogP contribution in [0.15, 0.2) is 18.2 Å². The van der Waals surface area contributed by atoms with Crippen LogP contribution in [0.2, 0.25) is 0 Å². The van der Waals surface area contributed by atoms with Gasteiger partial charge in [0.15, 0.2) is 0 Å². The molecule has 0 aromatic heterocycles. The number of rotatable bonds is 6. The Balaban J connectivity index is 0.00000200. The number of nitrogens with one attached hydrogen (secondary N) is 1. The minimum atomic E-state index is -0.444. The number of aryl methyl sites for hydroxylation is 2. The van der Waals surface area contributed by atoms with Crippen molar-refractivity contribution in [2.75, 3.05) is 13.2 Å². The van der Waals surface area contributed by atoms with E-state index < -0.39 is 6.10 Å². The Morgan fingerprint density at radius 3 is 2.70 bits per heavy atom. The smallest absolute Gasteiger partial charge is 0.122 e. The zero-order chi connectivity index (χ0) is 13.7. The molecule has 2 rings (SSSR count). The highest BCUT2D eigenvalue weighted by Crippen LogP contribution is 2.19. The summed E-state index contributed by atoms with van der Waals surface area (Å²) in [7, 11) is 0. The average molecular weight is 299 g/mol. The van der Waals surface area contributed by atoms with Gasteiger partial charge in [0.2, 0.25) is 0 Å². The fraction of sp³-hybridized carbons (Fsp3) is 0.625. The van der Waals surface area contributed by atoms with Gasteiger partial charge in [0, 0.05) is 12.6 Å². The van der Waals surface area contributed by atoms with E-state index in [9.17, 15) is 5.11 Å². The molecule has 1 unspecified atom stereocenters. The van der Waals surface area contributed by atoms with E-state index in [0.29, 0.717) is 19.2 Å². The summed E-state index contributed by atoms with van der Waals surface area (Å²) in [5, 5.41) is 13.4. The molecule has 1 saturated carbocycles. The third-order valence-corrected chi connectivity index (χ3v) is 3.77. The van der Waals surface area contributed by atoms with Crippen molar-refractivity contribution >= 4 is 0 Å². The Morgan fingerprint density at radius 1 is 1.30 bits per heavy atom. The molecule has 1 aromatic carbocycles. The molecule has 3 nitrogen and oxygen atoms in total. The fourth-order valence-corrected chi connectivity index (χ4v) is 2.54. The summed E-state index contributed by atoms with van der Waals surface area (Å²) in [6, 6.07) is 6.73. The first-order valence-corrected chi connectivity index (χ1v) is 7.26. The number of halogens is 1. The predicted molar refractivity (Wildman–Crippen MR) is 77.7 cm³/mol. The number of hydrogen-bond donors (Lipinski definition) is 2. The maximum absolute atomic E-state index is 9.94. The molecule has 1 aliphatic carbocycles. The van der Waals surface area contributed by atoms with E-state index >= 15 is 0 Å². The Hall–Kier alpha value is -0.770. The first kappa shape index (κ1) is 17.3. The molecule has 20 heavy (non-hydrogen) atoms. The van der Waals surface area contributed by atoms with Crippen LogP contribution in [0.1, 0.15) is 36.8 Å². The predicted octanol–water partition coefficient (Wildman–Crippen LogP) is -0.421. The second kappa shape index (κ2) is 8.50. The third kappa shape index (κ3) is 5.31. The van der Waals surface area contributed by atoms with Gasteiger partial charge in [-0.25, -0.2) is 0 Å². The SMILES string of the molecule is Cc1ccc(C)c(OCC(O)CNC2CCCC2)c1.[Cl-]. The standard InChI is InChI=1S/C16H25NO2.ClH/c1-12-7-8-13(2)16(9-12)19-11-15(18)10-17-14-5-3-4-6-14;/h7-9,14-15,17-18H,3-6,10-11H2,1-2H3;1H/p-1.